The summed E-state index contributed by atoms with van der Waals surface area (Å²) in [4.78, 5) is 9.68. The molecule has 0 saturated heterocycles. The number of nitro groups is 1. The van der Waals surface area contributed by atoms with Gasteiger partial charge in [-0.2, -0.15) is 0 Å². The molecular formula is C8H17N5O2S. The second kappa shape index (κ2) is 8.84. The summed E-state index contributed by atoms with van der Waals surface area (Å²) in [5, 5.41) is 22.9. The largest absolute Gasteiger partial charge is 0.379 e. The summed E-state index contributed by atoms with van der Waals surface area (Å²) in [6, 6.07) is 0. The van der Waals surface area contributed by atoms with Crippen LogP contribution < -0.4 is 16.4 Å². The maximum absolute atomic E-state index is 10.2. The van der Waals surface area contributed by atoms with E-state index < -0.39 is 4.92 Å². The third-order valence-electron chi connectivity index (χ3n) is 1.65. The second-order valence-corrected chi connectivity index (χ2v) is 4.06. The van der Waals surface area contributed by atoms with Crippen molar-refractivity contribution in [3.8, 4) is 0 Å². The van der Waals surface area contributed by atoms with Crippen LogP contribution in [0.15, 0.2) is 12.0 Å². The van der Waals surface area contributed by atoms with Gasteiger partial charge in [0.25, 0.3) is 6.20 Å². The van der Waals surface area contributed by atoms with Crippen LogP contribution in [0.4, 0.5) is 0 Å². The van der Waals surface area contributed by atoms with E-state index in [1.165, 1.54) is 11.8 Å². The van der Waals surface area contributed by atoms with Gasteiger partial charge in [0.1, 0.15) is 0 Å². The summed E-state index contributed by atoms with van der Waals surface area (Å²) in [5.74, 6) is 1.19. The minimum atomic E-state index is -0.509. The topological polar surface area (TPSA) is 117 Å². The number of nitrogens with one attached hydrogen (secondary N) is 3. The molecule has 0 aromatic carbocycles. The zero-order valence-corrected chi connectivity index (χ0v) is 9.97. The number of thioether (sulfide) groups is 1. The molecule has 7 nitrogen and oxygen atoms in total. The van der Waals surface area contributed by atoms with Gasteiger partial charge < -0.3 is 16.4 Å². The first-order valence-electron chi connectivity index (χ1n) is 4.80. The molecule has 0 fully saturated rings. The number of hydrogen-bond acceptors (Lipinski definition) is 6. The van der Waals surface area contributed by atoms with Crippen molar-refractivity contribution in [1.82, 2.24) is 10.6 Å². The number of rotatable bonds is 8. The van der Waals surface area contributed by atoms with Gasteiger partial charge in [0.05, 0.1) is 4.92 Å². The highest BCUT2D eigenvalue weighted by Gasteiger charge is 1.99. The fraction of sp³-hybridized carbons (Fsp3) is 0.625. The van der Waals surface area contributed by atoms with Crippen LogP contribution in [-0.2, 0) is 0 Å². The first kappa shape index (κ1) is 14.6. The standard InChI is InChI=1S/C8H17N5O2S/c1-11-7(6-13(14)15)12-4-2-3-5-16-8(9)10/h6,11-12H,2-5H2,1H3,(H3,9,10)/b7-6+. The summed E-state index contributed by atoms with van der Waals surface area (Å²) >= 11 is 1.30. The third-order valence-corrected chi connectivity index (χ3v) is 2.45. The summed E-state index contributed by atoms with van der Waals surface area (Å²) < 4.78 is 0. The minimum absolute atomic E-state index is 0.122. The van der Waals surface area contributed by atoms with Gasteiger partial charge in [-0.3, -0.25) is 15.5 Å². The zero-order chi connectivity index (χ0) is 12.4. The molecule has 0 atom stereocenters. The number of unbranched alkanes of at least 4 members (excludes halogenated alkanes) is 1. The molecular weight excluding hydrogens is 230 g/mol. The molecule has 0 aliphatic rings. The predicted molar refractivity (Wildman–Crippen MR) is 65.7 cm³/mol. The van der Waals surface area contributed by atoms with Gasteiger partial charge >= 0.3 is 0 Å². The lowest BCUT2D eigenvalue weighted by atomic mass is 10.3. The molecule has 0 heterocycles. The normalized spacial score (nSPS) is 10.9. The van der Waals surface area contributed by atoms with E-state index in [0.717, 1.165) is 24.8 Å². The van der Waals surface area contributed by atoms with Crippen LogP contribution in [0.1, 0.15) is 12.8 Å². The molecule has 0 spiro atoms. The van der Waals surface area contributed by atoms with E-state index in [4.69, 9.17) is 11.1 Å². The Kier molecular flexibility index (Phi) is 8.04. The van der Waals surface area contributed by atoms with Crippen molar-refractivity contribution in [3.63, 3.8) is 0 Å². The Morgan fingerprint density at radius 1 is 1.62 bits per heavy atom. The summed E-state index contributed by atoms with van der Waals surface area (Å²) in [7, 11) is 1.62. The first-order chi connectivity index (χ1) is 7.56. The van der Waals surface area contributed by atoms with Crippen molar-refractivity contribution in [2.75, 3.05) is 19.3 Å². The maximum atomic E-state index is 10.2. The molecule has 0 aliphatic heterocycles. The molecule has 0 rings (SSSR count). The van der Waals surface area contributed by atoms with Gasteiger partial charge in [-0.25, -0.2) is 0 Å². The smallest absolute Gasteiger partial charge is 0.274 e. The van der Waals surface area contributed by atoms with Crippen molar-refractivity contribution in [2.45, 2.75) is 12.8 Å². The summed E-state index contributed by atoms with van der Waals surface area (Å²) in [6.07, 6.45) is 2.67. The molecule has 0 radical (unpaired) electrons. The lowest BCUT2D eigenvalue weighted by Gasteiger charge is -2.07. The van der Waals surface area contributed by atoms with Crippen LogP contribution in [0.3, 0.4) is 0 Å². The van der Waals surface area contributed by atoms with Crippen LogP contribution in [-0.4, -0.2) is 29.4 Å². The summed E-state index contributed by atoms with van der Waals surface area (Å²) in [6.45, 7) is 0.652. The zero-order valence-electron chi connectivity index (χ0n) is 9.16. The average molecular weight is 247 g/mol. The lowest BCUT2D eigenvalue weighted by Crippen LogP contribution is -2.25. The highest BCUT2D eigenvalue weighted by molar-refractivity contribution is 8.13. The fourth-order valence-electron chi connectivity index (χ4n) is 0.936. The molecule has 0 aromatic heterocycles. The van der Waals surface area contributed by atoms with Crippen LogP contribution in [0.5, 0.6) is 0 Å². The summed E-state index contributed by atoms with van der Waals surface area (Å²) in [5.41, 5.74) is 5.17. The maximum Gasteiger partial charge on any atom is 0.274 e. The Labute approximate surface area is 98.5 Å². The van der Waals surface area contributed by atoms with Gasteiger partial charge in [0, 0.05) is 19.3 Å². The molecule has 0 amide bonds. The van der Waals surface area contributed by atoms with Crippen LogP contribution in [0, 0.1) is 15.5 Å². The fourth-order valence-corrected chi connectivity index (χ4v) is 1.50. The molecule has 5 N–H and O–H groups in total. The van der Waals surface area contributed by atoms with Gasteiger partial charge in [-0.15, -0.1) is 0 Å². The third kappa shape index (κ3) is 9.13. The van der Waals surface area contributed by atoms with Gasteiger partial charge in [-0.1, -0.05) is 11.8 Å². The SMILES string of the molecule is CN/C(=C\[N+](=O)[O-])NCCCCSC(=N)N. The molecule has 0 bridgehead atoms. The van der Waals surface area contributed by atoms with Gasteiger partial charge in [0.15, 0.2) is 11.0 Å². The molecule has 0 unspecified atom stereocenters. The molecule has 0 aromatic rings. The highest BCUT2D eigenvalue weighted by Crippen LogP contribution is 2.02. The second-order valence-electron chi connectivity index (χ2n) is 2.92. The first-order valence-corrected chi connectivity index (χ1v) is 5.78. The van der Waals surface area contributed by atoms with Crippen molar-refractivity contribution < 1.29 is 4.92 Å². The van der Waals surface area contributed by atoms with E-state index in [1.54, 1.807) is 7.05 Å². The molecule has 8 heteroatoms. The minimum Gasteiger partial charge on any atom is -0.379 e. The van der Waals surface area contributed by atoms with Crippen molar-refractivity contribution in [3.05, 3.63) is 22.1 Å². The Morgan fingerprint density at radius 3 is 2.81 bits per heavy atom. The van der Waals surface area contributed by atoms with E-state index in [-0.39, 0.29) is 5.17 Å². The number of amidine groups is 1. The van der Waals surface area contributed by atoms with E-state index in [0.29, 0.717) is 12.4 Å². The van der Waals surface area contributed by atoms with Crippen LogP contribution in [0.25, 0.3) is 0 Å². The van der Waals surface area contributed by atoms with Gasteiger partial charge in [0.2, 0.25) is 0 Å². The quantitative estimate of drug-likeness (QED) is 0.161. The van der Waals surface area contributed by atoms with Crippen molar-refractivity contribution >= 4 is 16.9 Å². The van der Waals surface area contributed by atoms with E-state index >= 15 is 0 Å². The van der Waals surface area contributed by atoms with Crippen molar-refractivity contribution in [2.24, 2.45) is 5.73 Å². The monoisotopic (exact) mass is 247 g/mol. The highest BCUT2D eigenvalue weighted by atomic mass is 32.2. The number of nitrogens with two attached hydrogens (primary N) is 1. The predicted octanol–water partition coefficient (Wildman–Crippen LogP) is 0.278. The van der Waals surface area contributed by atoms with Crippen LogP contribution >= 0.6 is 11.8 Å². The van der Waals surface area contributed by atoms with Crippen molar-refractivity contribution in [1.29, 1.82) is 5.41 Å². The van der Waals surface area contributed by atoms with E-state index in [9.17, 15) is 10.1 Å². The van der Waals surface area contributed by atoms with E-state index in [2.05, 4.69) is 10.6 Å². The van der Waals surface area contributed by atoms with E-state index in [1.807, 2.05) is 0 Å². The lowest BCUT2D eigenvalue weighted by molar-refractivity contribution is -0.404. The number of nitrogens with zero attached hydrogens (tertiary/aromatic N) is 1. The van der Waals surface area contributed by atoms with Crippen LogP contribution in [0.2, 0.25) is 0 Å². The molecule has 16 heavy (non-hydrogen) atoms. The Morgan fingerprint density at radius 2 is 2.31 bits per heavy atom. The number of hydrogen-bond donors (Lipinski definition) is 4. The Bertz CT molecular complexity index is 269. The Balaban J connectivity index is 3.56. The molecule has 0 saturated carbocycles. The molecule has 92 valence electrons. The Hall–Kier alpha value is -1.44. The van der Waals surface area contributed by atoms with Gasteiger partial charge in [-0.05, 0) is 12.8 Å². The molecule has 0 aliphatic carbocycles. The average Bonchev–Trinajstić information content (AvgIpc) is 2.20.